The normalized spacial score (nSPS) is 18.5. The van der Waals surface area contributed by atoms with Crippen LogP contribution in [0.1, 0.15) is 24.0 Å². The first kappa shape index (κ1) is 19.2. The van der Waals surface area contributed by atoms with Crippen molar-refractivity contribution in [1.29, 1.82) is 5.26 Å². The predicted octanol–water partition coefficient (Wildman–Crippen LogP) is 5.57. The molecule has 1 aliphatic heterocycles. The van der Waals surface area contributed by atoms with Crippen molar-refractivity contribution in [3.63, 3.8) is 0 Å². The topological polar surface area (TPSA) is 53.3 Å². The zero-order chi connectivity index (χ0) is 20.3. The Labute approximate surface area is 178 Å². The summed E-state index contributed by atoms with van der Waals surface area (Å²) in [6.45, 7) is 0.385. The maximum atomic E-state index is 12.8. The number of para-hydroxylation sites is 1. The number of benzene rings is 3. The Morgan fingerprint density at radius 1 is 1.03 bits per heavy atom. The van der Waals surface area contributed by atoms with Gasteiger partial charge in [-0.05, 0) is 42.3 Å². The number of amides is 1. The molecule has 1 heterocycles. The van der Waals surface area contributed by atoms with Gasteiger partial charge in [0.1, 0.15) is 12.4 Å². The lowest BCUT2D eigenvalue weighted by molar-refractivity contribution is -0.117. The lowest BCUT2D eigenvalue weighted by Gasteiger charge is -2.34. The molecule has 0 radical (unpaired) electrons. The molecule has 3 aromatic carbocycles. The summed E-state index contributed by atoms with van der Waals surface area (Å²) >= 11 is 3.52. The minimum atomic E-state index is -1.12. The molecule has 1 atom stereocenters. The molecule has 5 heteroatoms. The van der Waals surface area contributed by atoms with Gasteiger partial charge in [0.25, 0.3) is 0 Å². The second kappa shape index (κ2) is 8.10. The van der Waals surface area contributed by atoms with Gasteiger partial charge >= 0.3 is 0 Å². The highest BCUT2D eigenvalue weighted by Gasteiger charge is 2.49. The Kier molecular flexibility index (Phi) is 5.37. The molecular formula is C24H19BrN2O2. The summed E-state index contributed by atoms with van der Waals surface area (Å²) < 4.78 is 6.96. The minimum Gasteiger partial charge on any atom is -0.488 e. The van der Waals surface area contributed by atoms with E-state index in [4.69, 9.17) is 4.74 Å². The number of nitriles is 1. The number of carbonyl (C=O) groups excluding carboxylic acids is 1. The number of hydrogen-bond donors (Lipinski definition) is 0. The smallest absolute Gasteiger partial charge is 0.228 e. The number of rotatable bonds is 5. The molecule has 0 saturated carbocycles. The van der Waals surface area contributed by atoms with Crippen molar-refractivity contribution in [1.82, 2.24) is 0 Å². The molecule has 0 spiro atoms. The monoisotopic (exact) mass is 446 g/mol. The molecule has 4 nitrogen and oxygen atoms in total. The van der Waals surface area contributed by atoms with E-state index in [9.17, 15) is 10.1 Å². The lowest BCUT2D eigenvalue weighted by atomic mass is 9.87. The number of halogens is 1. The van der Waals surface area contributed by atoms with Crippen molar-refractivity contribution in [2.45, 2.75) is 25.0 Å². The molecule has 1 unspecified atom stereocenters. The first-order valence-corrected chi connectivity index (χ1v) is 10.2. The highest BCUT2D eigenvalue weighted by Crippen LogP contribution is 2.46. The van der Waals surface area contributed by atoms with Crippen LogP contribution in [0.3, 0.4) is 0 Å². The molecule has 4 rings (SSSR count). The molecular weight excluding hydrogens is 428 g/mol. The second-order valence-electron chi connectivity index (χ2n) is 6.95. The number of hydrogen-bond acceptors (Lipinski definition) is 3. The molecule has 1 saturated heterocycles. The van der Waals surface area contributed by atoms with Crippen LogP contribution in [0.25, 0.3) is 0 Å². The number of nitrogens with zero attached hydrogens (tertiary/aromatic N) is 2. The van der Waals surface area contributed by atoms with E-state index < -0.39 is 5.54 Å². The Hall–Kier alpha value is -3.10. The van der Waals surface area contributed by atoms with Crippen LogP contribution in [-0.4, -0.2) is 5.91 Å². The van der Waals surface area contributed by atoms with Crippen molar-refractivity contribution in [3.05, 3.63) is 94.5 Å². The van der Waals surface area contributed by atoms with Crippen LogP contribution in [0, 0.1) is 11.3 Å². The lowest BCUT2D eigenvalue weighted by Crippen LogP contribution is -2.42. The Morgan fingerprint density at radius 2 is 1.72 bits per heavy atom. The van der Waals surface area contributed by atoms with Gasteiger partial charge in [0.05, 0.1) is 6.07 Å². The molecule has 0 aromatic heterocycles. The molecule has 1 amide bonds. The van der Waals surface area contributed by atoms with Crippen molar-refractivity contribution in [2.75, 3.05) is 4.90 Å². The van der Waals surface area contributed by atoms with Gasteiger partial charge in [-0.3, -0.25) is 9.69 Å². The number of ether oxygens (including phenoxy) is 1. The summed E-state index contributed by atoms with van der Waals surface area (Å²) in [7, 11) is 0. The summed E-state index contributed by atoms with van der Waals surface area (Å²) in [5.41, 5.74) is 1.33. The van der Waals surface area contributed by atoms with E-state index in [1.807, 2.05) is 78.9 Å². The third-order valence-corrected chi connectivity index (χ3v) is 5.65. The summed E-state index contributed by atoms with van der Waals surface area (Å²) in [5, 5.41) is 10.3. The van der Waals surface area contributed by atoms with Gasteiger partial charge in [-0.2, -0.15) is 5.26 Å². The van der Waals surface area contributed by atoms with Crippen LogP contribution in [0.15, 0.2) is 83.3 Å². The van der Waals surface area contributed by atoms with E-state index in [0.717, 1.165) is 10.0 Å². The van der Waals surface area contributed by atoms with Crippen LogP contribution in [0.2, 0.25) is 0 Å². The van der Waals surface area contributed by atoms with Crippen molar-refractivity contribution < 1.29 is 9.53 Å². The van der Waals surface area contributed by atoms with Gasteiger partial charge in [0.15, 0.2) is 5.54 Å². The first-order chi connectivity index (χ1) is 14.1. The van der Waals surface area contributed by atoms with Gasteiger partial charge in [-0.25, -0.2) is 0 Å². The fourth-order valence-electron chi connectivity index (χ4n) is 3.77. The maximum Gasteiger partial charge on any atom is 0.228 e. The zero-order valence-corrected chi connectivity index (χ0v) is 17.3. The Bertz CT molecular complexity index is 1060. The molecule has 29 heavy (non-hydrogen) atoms. The second-order valence-corrected chi connectivity index (χ2v) is 7.87. The van der Waals surface area contributed by atoms with Crippen molar-refractivity contribution in [3.8, 4) is 11.8 Å². The molecule has 1 fully saturated rings. The fraction of sp³-hybridized carbons (Fsp3) is 0.167. The third kappa shape index (κ3) is 3.64. The Morgan fingerprint density at radius 3 is 2.41 bits per heavy atom. The highest BCUT2D eigenvalue weighted by atomic mass is 79.9. The van der Waals surface area contributed by atoms with Crippen LogP contribution in [0.5, 0.6) is 5.75 Å². The van der Waals surface area contributed by atoms with Crippen LogP contribution < -0.4 is 9.64 Å². The largest absolute Gasteiger partial charge is 0.488 e. The molecule has 144 valence electrons. The van der Waals surface area contributed by atoms with Crippen molar-refractivity contribution in [2.24, 2.45) is 0 Å². The molecule has 0 N–H and O–H groups in total. The highest BCUT2D eigenvalue weighted by molar-refractivity contribution is 9.10. The van der Waals surface area contributed by atoms with Crippen LogP contribution in [-0.2, 0) is 16.9 Å². The van der Waals surface area contributed by atoms with Gasteiger partial charge in [0.2, 0.25) is 5.91 Å². The third-order valence-electron chi connectivity index (χ3n) is 5.16. The van der Waals surface area contributed by atoms with E-state index in [-0.39, 0.29) is 5.91 Å². The standard InChI is InChI=1S/C24H19BrN2O2/c25-19-11-12-22(29-16-18-7-3-1-4-8-18)21(15-19)24(17-26)14-13-23(28)27(24)20-9-5-2-6-10-20/h1-12,15H,13-14,16H2. The summed E-state index contributed by atoms with van der Waals surface area (Å²) in [5.74, 6) is 0.543. The maximum absolute atomic E-state index is 12.8. The average Bonchev–Trinajstić information content (AvgIpc) is 3.11. The fourth-order valence-corrected chi connectivity index (χ4v) is 4.13. The minimum absolute atomic E-state index is 0.0632. The predicted molar refractivity (Wildman–Crippen MR) is 115 cm³/mol. The van der Waals surface area contributed by atoms with Gasteiger partial charge in [-0.15, -0.1) is 0 Å². The van der Waals surface area contributed by atoms with Crippen LogP contribution in [0.4, 0.5) is 5.69 Å². The molecule has 1 aliphatic rings. The first-order valence-electron chi connectivity index (χ1n) is 9.40. The van der Waals surface area contributed by atoms with Gasteiger partial charge in [0, 0.05) is 22.1 Å². The van der Waals surface area contributed by atoms with Crippen LogP contribution >= 0.6 is 15.9 Å². The quantitative estimate of drug-likeness (QED) is 0.514. The number of carbonyl (C=O) groups is 1. The number of anilines is 1. The Balaban J connectivity index is 1.78. The SMILES string of the molecule is N#CC1(c2cc(Br)ccc2OCc2ccccc2)CCC(=O)N1c1ccccc1. The van der Waals surface area contributed by atoms with E-state index in [1.165, 1.54) is 0 Å². The average molecular weight is 447 g/mol. The van der Waals surface area contributed by atoms with E-state index in [1.54, 1.807) is 4.90 Å². The van der Waals surface area contributed by atoms with Crippen molar-refractivity contribution >= 4 is 27.5 Å². The molecule has 3 aromatic rings. The van der Waals surface area contributed by atoms with E-state index in [0.29, 0.717) is 36.4 Å². The summed E-state index contributed by atoms with van der Waals surface area (Å²) in [6.07, 6.45) is 0.725. The van der Waals surface area contributed by atoms with Gasteiger partial charge < -0.3 is 4.74 Å². The van der Waals surface area contributed by atoms with E-state index >= 15 is 0 Å². The molecule has 0 aliphatic carbocycles. The molecule has 0 bridgehead atoms. The zero-order valence-electron chi connectivity index (χ0n) is 15.7. The van der Waals surface area contributed by atoms with Gasteiger partial charge in [-0.1, -0.05) is 64.5 Å². The van der Waals surface area contributed by atoms with E-state index in [2.05, 4.69) is 22.0 Å². The summed E-state index contributed by atoms with van der Waals surface area (Å²) in [4.78, 5) is 14.4. The summed E-state index contributed by atoms with van der Waals surface area (Å²) in [6, 6.07) is 27.3.